The largest absolute Gasteiger partial charge is 0.310 e. The molecule has 0 heterocycles. The molecule has 0 saturated heterocycles. The fourth-order valence-electron chi connectivity index (χ4n) is 1.29. The van der Waals surface area contributed by atoms with Crippen LogP contribution in [0, 0.1) is 6.92 Å². The molecule has 0 spiro atoms. The van der Waals surface area contributed by atoms with E-state index in [1.165, 1.54) is 0 Å². The Bertz CT molecular complexity index is 266. The van der Waals surface area contributed by atoms with Crippen LogP contribution >= 0.6 is 0 Å². The Morgan fingerprint density at radius 2 is 1.83 bits per heavy atom. The Kier molecular flexibility index (Phi) is 2.50. The summed E-state index contributed by atoms with van der Waals surface area (Å²) in [6.45, 7) is 4.02. The van der Waals surface area contributed by atoms with Gasteiger partial charge in [0.15, 0.2) is 0 Å². The Morgan fingerprint density at radius 1 is 1.25 bits per heavy atom. The summed E-state index contributed by atoms with van der Waals surface area (Å²) >= 11 is 0. The molecule has 0 aliphatic rings. The van der Waals surface area contributed by atoms with Crippen molar-refractivity contribution in [2.24, 2.45) is 11.5 Å². The molecule has 0 radical (unpaired) electrons. The molecule has 0 atom stereocenters. The summed E-state index contributed by atoms with van der Waals surface area (Å²) in [5, 5.41) is 0. The van der Waals surface area contributed by atoms with Gasteiger partial charge in [-0.1, -0.05) is 31.2 Å². The molecule has 1 aromatic rings. The van der Waals surface area contributed by atoms with E-state index < -0.39 is 5.66 Å². The minimum atomic E-state index is -0.675. The second-order valence-electron chi connectivity index (χ2n) is 3.21. The van der Waals surface area contributed by atoms with E-state index in [1.807, 2.05) is 38.1 Å². The molecule has 0 aliphatic carbocycles. The second-order valence-corrected chi connectivity index (χ2v) is 3.21. The first-order valence-corrected chi connectivity index (χ1v) is 4.22. The summed E-state index contributed by atoms with van der Waals surface area (Å²) in [5.41, 5.74) is 13.3. The lowest BCUT2D eigenvalue weighted by Gasteiger charge is -2.24. The standard InChI is InChI=1S/C10H16N2/c1-3-10(11,12)9-7-5-4-6-8(9)2/h4-7H,3,11-12H2,1-2H3. The molecule has 0 aromatic heterocycles. The first kappa shape index (κ1) is 9.23. The average Bonchev–Trinajstić information content (AvgIpc) is 2.05. The van der Waals surface area contributed by atoms with Gasteiger partial charge in [-0.3, -0.25) is 0 Å². The molecule has 66 valence electrons. The maximum atomic E-state index is 5.92. The van der Waals surface area contributed by atoms with E-state index in [4.69, 9.17) is 11.5 Å². The molecule has 2 heteroatoms. The highest BCUT2D eigenvalue weighted by molar-refractivity contribution is 5.31. The van der Waals surface area contributed by atoms with Gasteiger partial charge < -0.3 is 11.5 Å². The predicted octanol–water partition coefficient (Wildman–Crippen LogP) is 1.48. The van der Waals surface area contributed by atoms with E-state index in [0.29, 0.717) is 0 Å². The monoisotopic (exact) mass is 164 g/mol. The van der Waals surface area contributed by atoms with E-state index in [9.17, 15) is 0 Å². The predicted molar refractivity (Wildman–Crippen MR) is 51.5 cm³/mol. The van der Waals surface area contributed by atoms with Crippen LogP contribution in [0.3, 0.4) is 0 Å². The van der Waals surface area contributed by atoms with Crippen molar-refractivity contribution >= 4 is 0 Å². The minimum absolute atomic E-state index is 0.675. The molecular formula is C10H16N2. The van der Waals surface area contributed by atoms with Gasteiger partial charge in [-0.15, -0.1) is 0 Å². The molecular weight excluding hydrogens is 148 g/mol. The fraction of sp³-hybridized carbons (Fsp3) is 0.400. The number of hydrogen-bond donors (Lipinski definition) is 2. The number of nitrogens with two attached hydrogens (primary N) is 2. The topological polar surface area (TPSA) is 52.0 Å². The van der Waals surface area contributed by atoms with Crippen LogP contribution in [0.25, 0.3) is 0 Å². The van der Waals surface area contributed by atoms with Gasteiger partial charge in [0, 0.05) is 0 Å². The zero-order valence-electron chi connectivity index (χ0n) is 7.67. The third kappa shape index (κ3) is 1.65. The highest BCUT2D eigenvalue weighted by Gasteiger charge is 2.20. The van der Waals surface area contributed by atoms with Crippen LogP contribution in [0.2, 0.25) is 0 Å². The van der Waals surface area contributed by atoms with Crippen molar-refractivity contribution in [1.29, 1.82) is 0 Å². The molecule has 0 amide bonds. The SMILES string of the molecule is CCC(N)(N)c1ccccc1C. The Morgan fingerprint density at radius 3 is 2.33 bits per heavy atom. The average molecular weight is 164 g/mol. The zero-order chi connectivity index (χ0) is 9.19. The van der Waals surface area contributed by atoms with Crippen molar-refractivity contribution in [2.45, 2.75) is 25.9 Å². The van der Waals surface area contributed by atoms with Gasteiger partial charge in [-0.25, -0.2) is 0 Å². The first-order chi connectivity index (χ1) is 5.58. The fourth-order valence-corrected chi connectivity index (χ4v) is 1.29. The molecule has 0 aliphatic heterocycles. The van der Waals surface area contributed by atoms with Gasteiger partial charge in [0.05, 0.1) is 5.66 Å². The smallest absolute Gasteiger partial charge is 0.0899 e. The van der Waals surface area contributed by atoms with Gasteiger partial charge in [0.2, 0.25) is 0 Å². The maximum absolute atomic E-state index is 5.92. The van der Waals surface area contributed by atoms with Crippen LogP contribution in [0.5, 0.6) is 0 Å². The van der Waals surface area contributed by atoms with Crippen LogP contribution in [0.4, 0.5) is 0 Å². The van der Waals surface area contributed by atoms with Crippen LogP contribution < -0.4 is 11.5 Å². The summed E-state index contributed by atoms with van der Waals surface area (Å²) in [7, 11) is 0. The van der Waals surface area contributed by atoms with Crippen molar-refractivity contribution < 1.29 is 0 Å². The number of rotatable bonds is 2. The zero-order valence-corrected chi connectivity index (χ0v) is 7.67. The maximum Gasteiger partial charge on any atom is 0.0899 e. The molecule has 1 rings (SSSR count). The summed E-state index contributed by atoms with van der Waals surface area (Å²) in [4.78, 5) is 0. The third-order valence-corrected chi connectivity index (χ3v) is 2.23. The molecule has 2 nitrogen and oxygen atoms in total. The van der Waals surface area contributed by atoms with E-state index in [2.05, 4.69) is 0 Å². The Balaban J connectivity index is 3.10. The molecule has 0 saturated carbocycles. The molecule has 0 fully saturated rings. The van der Waals surface area contributed by atoms with Crippen molar-refractivity contribution in [3.05, 3.63) is 35.4 Å². The highest BCUT2D eigenvalue weighted by atomic mass is 14.9. The van der Waals surface area contributed by atoms with Gasteiger partial charge >= 0.3 is 0 Å². The second kappa shape index (κ2) is 3.25. The van der Waals surface area contributed by atoms with Crippen molar-refractivity contribution in [3.63, 3.8) is 0 Å². The van der Waals surface area contributed by atoms with Crippen LogP contribution in [-0.4, -0.2) is 0 Å². The third-order valence-electron chi connectivity index (χ3n) is 2.23. The lowest BCUT2D eigenvalue weighted by atomic mass is 9.94. The summed E-state index contributed by atoms with van der Waals surface area (Å²) in [6, 6.07) is 7.97. The molecule has 1 aromatic carbocycles. The van der Waals surface area contributed by atoms with Gasteiger partial charge in [0.25, 0.3) is 0 Å². The lowest BCUT2D eigenvalue weighted by Crippen LogP contribution is -2.45. The van der Waals surface area contributed by atoms with E-state index in [-0.39, 0.29) is 0 Å². The quantitative estimate of drug-likeness (QED) is 0.650. The Labute approximate surface area is 73.6 Å². The van der Waals surface area contributed by atoms with Crippen molar-refractivity contribution in [3.8, 4) is 0 Å². The van der Waals surface area contributed by atoms with E-state index in [1.54, 1.807) is 0 Å². The van der Waals surface area contributed by atoms with Crippen LogP contribution in [0.1, 0.15) is 24.5 Å². The van der Waals surface area contributed by atoms with E-state index in [0.717, 1.165) is 17.5 Å². The molecule has 4 N–H and O–H groups in total. The molecule has 0 bridgehead atoms. The number of aryl methyl sites for hydroxylation is 1. The summed E-state index contributed by atoms with van der Waals surface area (Å²) in [5.74, 6) is 0. The van der Waals surface area contributed by atoms with Gasteiger partial charge in [0.1, 0.15) is 0 Å². The summed E-state index contributed by atoms with van der Waals surface area (Å²) in [6.07, 6.45) is 0.748. The lowest BCUT2D eigenvalue weighted by molar-refractivity contribution is 0.445. The van der Waals surface area contributed by atoms with Crippen LogP contribution in [-0.2, 0) is 5.66 Å². The normalized spacial score (nSPS) is 11.7. The van der Waals surface area contributed by atoms with Crippen molar-refractivity contribution in [1.82, 2.24) is 0 Å². The van der Waals surface area contributed by atoms with Gasteiger partial charge in [-0.2, -0.15) is 0 Å². The molecule has 0 unspecified atom stereocenters. The first-order valence-electron chi connectivity index (χ1n) is 4.22. The van der Waals surface area contributed by atoms with E-state index >= 15 is 0 Å². The number of hydrogen-bond acceptors (Lipinski definition) is 2. The summed E-state index contributed by atoms with van der Waals surface area (Å²) < 4.78 is 0. The Hall–Kier alpha value is -0.860. The molecule has 12 heavy (non-hydrogen) atoms. The minimum Gasteiger partial charge on any atom is -0.310 e. The van der Waals surface area contributed by atoms with Gasteiger partial charge in [-0.05, 0) is 24.5 Å². The number of benzene rings is 1. The highest BCUT2D eigenvalue weighted by Crippen LogP contribution is 2.19. The van der Waals surface area contributed by atoms with Crippen molar-refractivity contribution in [2.75, 3.05) is 0 Å². The van der Waals surface area contributed by atoms with Crippen LogP contribution in [0.15, 0.2) is 24.3 Å².